The van der Waals surface area contributed by atoms with Crippen LogP contribution in [0.5, 0.6) is 0 Å². The third-order valence-electron chi connectivity index (χ3n) is 4.86. The maximum atomic E-state index is 5.76. The molecule has 0 bridgehead atoms. The quantitative estimate of drug-likeness (QED) is 0.585. The van der Waals surface area contributed by atoms with Gasteiger partial charge in [0.15, 0.2) is 5.96 Å². The van der Waals surface area contributed by atoms with E-state index in [1.54, 1.807) is 0 Å². The smallest absolute Gasteiger partial charge is 0.191 e. The van der Waals surface area contributed by atoms with Crippen LogP contribution in [-0.4, -0.2) is 63.8 Å². The molecule has 0 aromatic heterocycles. The SMILES string of the molecule is CCC1(CNC(=NC)NCC2CN(C)CCO2)CCC1. The lowest BCUT2D eigenvalue weighted by Gasteiger charge is -2.41. The first-order valence-corrected chi connectivity index (χ1v) is 7.92. The summed E-state index contributed by atoms with van der Waals surface area (Å²) in [5.41, 5.74) is 0.513. The number of hydrogen-bond acceptors (Lipinski definition) is 3. The van der Waals surface area contributed by atoms with Gasteiger partial charge in [0.1, 0.15) is 0 Å². The summed E-state index contributed by atoms with van der Waals surface area (Å²) in [7, 11) is 3.98. The van der Waals surface area contributed by atoms with Crippen LogP contribution >= 0.6 is 0 Å². The minimum absolute atomic E-state index is 0.260. The number of morpholine rings is 1. The number of aliphatic imine (C=N–C) groups is 1. The number of nitrogens with one attached hydrogen (secondary N) is 2. The fourth-order valence-corrected chi connectivity index (χ4v) is 3.02. The molecule has 0 aromatic carbocycles. The molecule has 0 radical (unpaired) electrons. The van der Waals surface area contributed by atoms with Gasteiger partial charge in [-0.15, -0.1) is 0 Å². The zero-order valence-electron chi connectivity index (χ0n) is 13.2. The molecule has 5 nitrogen and oxygen atoms in total. The second kappa shape index (κ2) is 7.27. The van der Waals surface area contributed by atoms with Gasteiger partial charge in [0, 0.05) is 33.2 Å². The molecule has 0 amide bonds. The lowest BCUT2D eigenvalue weighted by atomic mass is 9.67. The Hall–Kier alpha value is -0.810. The van der Waals surface area contributed by atoms with E-state index >= 15 is 0 Å². The van der Waals surface area contributed by atoms with Crippen LogP contribution in [0.4, 0.5) is 0 Å². The van der Waals surface area contributed by atoms with E-state index in [0.717, 1.165) is 38.7 Å². The van der Waals surface area contributed by atoms with Gasteiger partial charge < -0.3 is 20.3 Å². The zero-order chi connectivity index (χ0) is 14.4. The van der Waals surface area contributed by atoms with Gasteiger partial charge in [0.2, 0.25) is 0 Å². The van der Waals surface area contributed by atoms with Gasteiger partial charge in [0.25, 0.3) is 0 Å². The van der Waals surface area contributed by atoms with Crippen molar-refractivity contribution < 1.29 is 4.74 Å². The number of guanidine groups is 1. The molecule has 1 saturated carbocycles. The molecule has 0 aromatic rings. The van der Waals surface area contributed by atoms with Crippen molar-refractivity contribution in [2.24, 2.45) is 10.4 Å². The van der Waals surface area contributed by atoms with E-state index in [2.05, 4.69) is 34.5 Å². The van der Waals surface area contributed by atoms with Crippen LogP contribution in [-0.2, 0) is 4.74 Å². The molecular formula is C15H30N4O. The largest absolute Gasteiger partial charge is 0.374 e. The Balaban J connectivity index is 1.70. The van der Waals surface area contributed by atoms with Crippen LogP contribution in [0.25, 0.3) is 0 Å². The molecular weight excluding hydrogens is 252 g/mol. The third-order valence-corrected chi connectivity index (χ3v) is 4.86. The number of likely N-dealkylation sites (N-methyl/N-ethyl adjacent to an activating group) is 1. The summed E-state index contributed by atoms with van der Waals surface area (Å²) in [6.45, 7) is 7.00. The van der Waals surface area contributed by atoms with Gasteiger partial charge in [-0.25, -0.2) is 0 Å². The highest BCUT2D eigenvalue weighted by Gasteiger charge is 2.34. The Bertz CT molecular complexity index is 322. The molecule has 2 aliphatic rings. The number of hydrogen-bond donors (Lipinski definition) is 2. The highest BCUT2D eigenvalue weighted by atomic mass is 16.5. The van der Waals surface area contributed by atoms with Crippen molar-refractivity contribution in [3.63, 3.8) is 0 Å². The summed E-state index contributed by atoms with van der Waals surface area (Å²) in [5, 5.41) is 6.88. The molecule has 2 fully saturated rings. The fraction of sp³-hybridized carbons (Fsp3) is 0.933. The van der Waals surface area contributed by atoms with Crippen molar-refractivity contribution in [1.82, 2.24) is 15.5 Å². The first kappa shape index (κ1) is 15.6. The standard InChI is InChI=1S/C15H30N4O/c1-4-15(6-5-7-15)12-18-14(16-2)17-10-13-11-19(3)8-9-20-13/h13H,4-12H2,1-3H3,(H2,16,17,18). The second-order valence-electron chi connectivity index (χ2n) is 6.27. The lowest BCUT2D eigenvalue weighted by Crippen LogP contribution is -2.50. The van der Waals surface area contributed by atoms with E-state index in [1.165, 1.54) is 25.7 Å². The molecule has 1 heterocycles. The summed E-state index contributed by atoms with van der Waals surface area (Å²) in [5.74, 6) is 0.904. The normalized spacial score (nSPS) is 26.9. The van der Waals surface area contributed by atoms with Gasteiger partial charge in [-0.1, -0.05) is 13.3 Å². The molecule has 2 rings (SSSR count). The van der Waals surface area contributed by atoms with Crippen LogP contribution in [0, 0.1) is 5.41 Å². The van der Waals surface area contributed by atoms with Crippen LogP contribution in [0.3, 0.4) is 0 Å². The fourth-order valence-electron chi connectivity index (χ4n) is 3.02. The highest BCUT2D eigenvalue weighted by Crippen LogP contribution is 2.42. The maximum absolute atomic E-state index is 5.76. The predicted molar refractivity (Wildman–Crippen MR) is 83.2 cm³/mol. The van der Waals surface area contributed by atoms with Crippen molar-refractivity contribution in [3.8, 4) is 0 Å². The molecule has 1 aliphatic heterocycles. The van der Waals surface area contributed by atoms with Crippen LogP contribution in [0.1, 0.15) is 32.6 Å². The number of ether oxygens (including phenoxy) is 1. The minimum Gasteiger partial charge on any atom is -0.374 e. The molecule has 1 unspecified atom stereocenters. The first-order valence-electron chi connectivity index (χ1n) is 7.92. The summed E-state index contributed by atoms with van der Waals surface area (Å²) >= 11 is 0. The monoisotopic (exact) mass is 282 g/mol. The molecule has 2 N–H and O–H groups in total. The van der Waals surface area contributed by atoms with Gasteiger partial charge in [-0.2, -0.15) is 0 Å². The van der Waals surface area contributed by atoms with E-state index in [9.17, 15) is 0 Å². The zero-order valence-corrected chi connectivity index (χ0v) is 13.2. The average Bonchev–Trinajstić information content (AvgIpc) is 2.41. The van der Waals surface area contributed by atoms with Crippen LogP contribution in [0.15, 0.2) is 4.99 Å². The number of rotatable bonds is 5. The second-order valence-corrected chi connectivity index (χ2v) is 6.27. The molecule has 1 saturated heterocycles. The molecule has 20 heavy (non-hydrogen) atoms. The van der Waals surface area contributed by atoms with E-state index in [0.29, 0.717) is 5.41 Å². The minimum atomic E-state index is 0.260. The van der Waals surface area contributed by atoms with Crippen molar-refractivity contribution >= 4 is 5.96 Å². The van der Waals surface area contributed by atoms with Gasteiger partial charge >= 0.3 is 0 Å². The Labute approximate surface area is 123 Å². The van der Waals surface area contributed by atoms with Gasteiger partial charge in [-0.05, 0) is 31.7 Å². The van der Waals surface area contributed by atoms with Crippen LogP contribution in [0.2, 0.25) is 0 Å². The van der Waals surface area contributed by atoms with Crippen LogP contribution < -0.4 is 10.6 Å². The highest BCUT2D eigenvalue weighted by molar-refractivity contribution is 5.79. The summed E-state index contributed by atoms with van der Waals surface area (Å²) in [4.78, 5) is 6.62. The molecule has 116 valence electrons. The van der Waals surface area contributed by atoms with Gasteiger partial charge in [-0.3, -0.25) is 4.99 Å². The van der Waals surface area contributed by atoms with E-state index in [1.807, 2.05) is 7.05 Å². The van der Waals surface area contributed by atoms with E-state index in [4.69, 9.17) is 4.74 Å². The lowest BCUT2D eigenvalue weighted by molar-refractivity contribution is -0.0161. The Kier molecular flexibility index (Phi) is 5.66. The average molecular weight is 282 g/mol. The maximum Gasteiger partial charge on any atom is 0.191 e. The Morgan fingerprint density at radius 2 is 2.20 bits per heavy atom. The molecule has 1 atom stereocenters. The Morgan fingerprint density at radius 1 is 1.40 bits per heavy atom. The molecule has 0 spiro atoms. The third kappa shape index (κ3) is 4.09. The van der Waals surface area contributed by atoms with Crippen molar-refractivity contribution in [1.29, 1.82) is 0 Å². The van der Waals surface area contributed by atoms with Crippen molar-refractivity contribution in [2.75, 3.05) is 46.9 Å². The summed E-state index contributed by atoms with van der Waals surface area (Å²) in [6, 6.07) is 0. The van der Waals surface area contributed by atoms with Gasteiger partial charge in [0.05, 0.1) is 12.7 Å². The Morgan fingerprint density at radius 3 is 2.75 bits per heavy atom. The predicted octanol–water partition coefficient (Wildman–Crippen LogP) is 1.06. The summed E-state index contributed by atoms with van der Waals surface area (Å²) < 4.78 is 5.76. The van der Waals surface area contributed by atoms with Crippen molar-refractivity contribution in [2.45, 2.75) is 38.7 Å². The van der Waals surface area contributed by atoms with Crippen molar-refractivity contribution in [3.05, 3.63) is 0 Å². The van der Waals surface area contributed by atoms with E-state index < -0.39 is 0 Å². The number of nitrogens with zero attached hydrogens (tertiary/aromatic N) is 2. The molecule has 5 heteroatoms. The molecule has 1 aliphatic carbocycles. The first-order chi connectivity index (χ1) is 9.67. The van der Waals surface area contributed by atoms with E-state index in [-0.39, 0.29) is 6.10 Å². The topological polar surface area (TPSA) is 48.9 Å². The summed E-state index contributed by atoms with van der Waals surface area (Å²) in [6.07, 6.45) is 5.60.